The number of rotatable bonds is 3. The minimum absolute atomic E-state index is 0.219. The number of alkyl halides is 1. The first kappa shape index (κ1) is 18.8. The SMILES string of the molecule is C=C(C)N1CCC(F)(COC)CC1.CC.CC. The van der Waals surface area contributed by atoms with Gasteiger partial charge in [0.15, 0.2) is 0 Å². The van der Waals surface area contributed by atoms with E-state index >= 15 is 0 Å². The first-order valence-electron chi connectivity index (χ1n) is 6.66. The van der Waals surface area contributed by atoms with Crippen molar-refractivity contribution < 1.29 is 9.13 Å². The Morgan fingerprint density at radius 2 is 1.65 bits per heavy atom. The lowest BCUT2D eigenvalue weighted by Gasteiger charge is -2.37. The van der Waals surface area contributed by atoms with E-state index in [0.29, 0.717) is 12.8 Å². The molecular weight excluding hydrogens is 217 g/mol. The molecule has 0 aromatic carbocycles. The van der Waals surface area contributed by atoms with Crippen molar-refractivity contribution in [2.45, 2.75) is 53.1 Å². The average Bonchev–Trinajstić information content (AvgIpc) is 2.35. The van der Waals surface area contributed by atoms with Gasteiger partial charge in [-0.05, 0) is 6.92 Å². The lowest BCUT2D eigenvalue weighted by Crippen LogP contribution is -2.43. The lowest BCUT2D eigenvalue weighted by molar-refractivity contribution is -0.00184. The van der Waals surface area contributed by atoms with Crippen molar-refractivity contribution in [3.8, 4) is 0 Å². The fourth-order valence-electron chi connectivity index (χ4n) is 1.69. The first-order valence-corrected chi connectivity index (χ1v) is 6.66. The summed E-state index contributed by atoms with van der Waals surface area (Å²) in [6.45, 7) is 15.5. The van der Waals surface area contributed by atoms with Crippen LogP contribution >= 0.6 is 0 Å². The van der Waals surface area contributed by atoms with Gasteiger partial charge in [0.2, 0.25) is 0 Å². The number of halogens is 1. The van der Waals surface area contributed by atoms with Gasteiger partial charge in [-0.1, -0.05) is 34.3 Å². The van der Waals surface area contributed by atoms with Gasteiger partial charge in [0.05, 0.1) is 6.61 Å². The van der Waals surface area contributed by atoms with E-state index in [1.807, 2.05) is 34.6 Å². The zero-order valence-electron chi connectivity index (χ0n) is 12.5. The van der Waals surface area contributed by atoms with Gasteiger partial charge in [-0.25, -0.2) is 4.39 Å². The molecule has 1 aliphatic heterocycles. The number of nitrogens with zero attached hydrogens (tertiary/aromatic N) is 1. The van der Waals surface area contributed by atoms with E-state index in [4.69, 9.17) is 4.74 Å². The zero-order chi connectivity index (χ0) is 13.9. The number of piperidine rings is 1. The molecule has 1 saturated heterocycles. The van der Waals surface area contributed by atoms with Crippen LogP contribution in [0.15, 0.2) is 12.3 Å². The second-order valence-electron chi connectivity index (χ2n) is 3.81. The standard InChI is InChI=1S/C10H18FNO.2C2H6/c1-9(2)12-6-4-10(11,5-7-12)8-13-3;2*1-2/h1,4-8H2,2-3H3;2*1-2H3. The molecule has 0 aromatic rings. The lowest BCUT2D eigenvalue weighted by atomic mass is 9.94. The van der Waals surface area contributed by atoms with Gasteiger partial charge in [-0.3, -0.25) is 0 Å². The summed E-state index contributed by atoms with van der Waals surface area (Å²) in [7, 11) is 1.55. The monoisotopic (exact) mass is 247 g/mol. The summed E-state index contributed by atoms with van der Waals surface area (Å²) in [5.41, 5.74) is -0.0831. The van der Waals surface area contributed by atoms with Gasteiger partial charge in [0.1, 0.15) is 5.67 Å². The van der Waals surface area contributed by atoms with Crippen LogP contribution in [0.1, 0.15) is 47.5 Å². The highest BCUT2D eigenvalue weighted by molar-refractivity contribution is 4.95. The number of hydrogen-bond donors (Lipinski definition) is 0. The molecule has 1 rings (SSSR count). The maximum absolute atomic E-state index is 13.8. The van der Waals surface area contributed by atoms with Gasteiger partial charge in [0.25, 0.3) is 0 Å². The van der Waals surface area contributed by atoms with E-state index < -0.39 is 5.67 Å². The molecule has 2 nitrogen and oxygen atoms in total. The van der Waals surface area contributed by atoms with Crippen LogP contribution in [0.5, 0.6) is 0 Å². The molecule has 0 aliphatic carbocycles. The highest BCUT2D eigenvalue weighted by atomic mass is 19.1. The van der Waals surface area contributed by atoms with Crippen LogP contribution in [0, 0.1) is 0 Å². The Labute approximate surface area is 107 Å². The van der Waals surface area contributed by atoms with Gasteiger partial charge >= 0.3 is 0 Å². The molecule has 0 amide bonds. The third-order valence-electron chi connectivity index (χ3n) is 2.60. The zero-order valence-corrected chi connectivity index (χ0v) is 12.5. The maximum Gasteiger partial charge on any atom is 0.137 e. The molecule has 3 heteroatoms. The Morgan fingerprint density at radius 3 is 1.94 bits per heavy atom. The largest absolute Gasteiger partial charge is 0.381 e. The van der Waals surface area contributed by atoms with Crippen LogP contribution in [-0.2, 0) is 4.74 Å². The number of likely N-dealkylation sites (tertiary alicyclic amines) is 1. The third-order valence-corrected chi connectivity index (χ3v) is 2.60. The summed E-state index contributed by atoms with van der Waals surface area (Å²) >= 11 is 0. The molecule has 0 aromatic heterocycles. The van der Waals surface area contributed by atoms with Crippen molar-refractivity contribution in [1.82, 2.24) is 4.90 Å². The Balaban J connectivity index is 0. The fourth-order valence-corrected chi connectivity index (χ4v) is 1.69. The Morgan fingerprint density at radius 1 is 1.24 bits per heavy atom. The van der Waals surface area contributed by atoms with E-state index in [-0.39, 0.29) is 6.61 Å². The predicted octanol–water partition coefficient (Wildman–Crippen LogP) is 4.02. The Bertz CT molecular complexity index is 187. The summed E-state index contributed by atoms with van der Waals surface area (Å²) in [4.78, 5) is 2.12. The van der Waals surface area contributed by atoms with Crippen LogP contribution < -0.4 is 0 Å². The molecule has 0 saturated carbocycles. The molecule has 0 unspecified atom stereocenters. The molecule has 0 atom stereocenters. The molecule has 1 aliphatic rings. The summed E-state index contributed by atoms with van der Waals surface area (Å²) in [6, 6.07) is 0. The van der Waals surface area contributed by atoms with E-state index in [1.54, 1.807) is 7.11 Å². The highest BCUT2D eigenvalue weighted by Gasteiger charge is 2.34. The van der Waals surface area contributed by atoms with Crippen LogP contribution in [-0.4, -0.2) is 37.4 Å². The molecule has 104 valence electrons. The summed E-state index contributed by atoms with van der Waals surface area (Å²) in [6.07, 6.45) is 1.10. The third kappa shape index (κ3) is 7.37. The molecule has 1 heterocycles. The van der Waals surface area contributed by atoms with E-state index in [0.717, 1.165) is 18.8 Å². The minimum Gasteiger partial charge on any atom is -0.381 e. The summed E-state index contributed by atoms with van der Waals surface area (Å²) < 4.78 is 18.7. The number of hydrogen-bond acceptors (Lipinski definition) is 2. The molecule has 0 bridgehead atoms. The normalized spacial score (nSPS) is 17.2. The van der Waals surface area contributed by atoms with E-state index in [2.05, 4.69) is 11.5 Å². The number of ether oxygens (including phenoxy) is 1. The van der Waals surface area contributed by atoms with Crippen molar-refractivity contribution in [3.63, 3.8) is 0 Å². The quantitative estimate of drug-likeness (QED) is 0.747. The predicted molar refractivity (Wildman–Crippen MR) is 74.0 cm³/mol. The Hall–Kier alpha value is -0.570. The van der Waals surface area contributed by atoms with Crippen LogP contribution in [0.25, 0.3) is 0 Å². The average molecular weight is 247 g/mol. The maximum atomic E-state index is 13.8. The van der Waals surface area contributed by atoms with Crippen LogP contribution in [0.2, 0.25) is 0 Å². The van der Waals surface area contributed by atoms with E-state index in [9.17, 15) is 4.39 Å². The number of allylic oxidation sites excluding steroid dienone is 1. The molecule has 0 radical (unpaired) electrons. The molecule has 17 heavy (non-hydrogen) atoms. The van der Waals surface area contributed by atoms with Crippen molar-refractivity contribution in [3.05, 3.63) is 12.3 Å². The van der Waals surface area contributed by atoms with E-state index in [1.165, 1.54) is 0 Å². The molecule has 1 fully saturated rings. The van der Waals surface area contributed by atoms with Crippen molar-refractivity contribution in [1.29, 1.82) is 0 Å². The summed E-state index contributed by atoms with van der Waals surface area (Å²) in [5.74, 6) is 0. The fraction of sp³-hybridized carbons (Fsp3) is 0.857. The molecule has 0 N–H and O–H groups in total. The van der Waals surface area contributed by atoms with Gasteiger partial charge in [-0.15, -0.1) is 0 Å². The molecular formula is C14H30FNO. The highest BCUT2D eigenvalue weighted by Crippen LogP contribution is 2.27. The second kappa shape index (κ2) is 10.6. The number of methoxy groups -OCH3 is 1. The van der Waals surface area contributed by atoms with Gasteiger partial charge in [-0.2, -0.15) is 0 Å². The van der Waals surface area contributed by atoms with Crippen molar-refractivity contribution in [2.75, 3.05) is 26.8 Å². The topological polar surface area (TPSA) is 12.5 Å². The second-order valence-corrected chi connectivity index (χ2v) is 3.81. The van der Waals surface area contributed by atoms with Crippen molar-refractivity contribution in [2.24, 2.45) is 0 Å². The minimum atomic E-state index is -1.11. The molecule has 0 spiro atoms. The summed E-state index contributed by atoms with van der Waals surface area (Å²) in [5, 5.41) is 0. The Kier molecular flexibility index (Phi) is 11.7. The smallest absolute Gasteiger partial charge is 0.137 e. The van der Waals surface area contributed by atoms with Crippen LogP contribution in [0.4, 0.5) is 4.39 Å². The van der Waals surface area contributed by atoms with Gasteiger partial charge < -0.3 is 9.64 Å². The van der Waals surface area contributed by atoms with Gasteiger partial charge in [0, 0.05) is 38.7 Å². The first-order chi connectivity index (χ1) is 8.07. The van der Waals surface area contributed by atoms with Crippen molar-refractivity contribution >= 4 is 0 Å². The van der Waals surface area contributed by atoms with Crippen LogP contribution in [0.3, 0.4) is 0 Å².